The Kier molecular flexibility index (Phi) is 5.97. The number of allylic oxidation sites excluding steroid dienone is 11. The minimum atomic E-state index is 0.401. The summed E-state index contributed by atoms with van der Waals surface area (Å²) in [6, 6.07) is 28.1. The van der Waals surface area contributed by atoms with E-state index in [1.807, 2.05) is 11.3 Å². The second-order valence-corrected chi connectivity index (χ2v) is 12.0. The zero-order chi connectivity index (χ0) is 27.2. The van der Waals surface area contributed by atoms with Gasteiger partial charge in [-0.2, -0.15) is 0 Å². The molecule has 0 bridgehead atoms. The molecule has 2 unspecified atom stereocenters. The van der Waals surface area contributed by atoms with Crippen molar-refractivity contribution in [2.45, 2.75) is 18.8 Å². The third-order valence-electron chi connectivity index (χ3n) is 8.36. The van der Waals surface area contributed by atoms with E-state index in [0.717, 1.165) is 51.7 Å². The van der Waals surface area contributed by atoms with E-state index in [1.165, 1.54) is 26.5 Å². The van der Waals surface area contributed by atoms with Gasteiger partial charge in [0.2, 0.25) is 0 Å². The van der Waals surface area contributed by atoms with Crippen LogP contribution < -0.4 is 5.32 Å². The summed E-state index contributed by atoms with van der Waals surface area (Å²) in [5.74, 6) is 0.836. The fourth-order valence-corrected chi connectivity index (χ4v) is 7.38. The van der Waals surface area contributed by atoms with Crippen LogP contribution in [-0.2, 0) is 0 Å². The van der Waals surface area contributed by atoms with Crippen molar-refractivity contribution in [3.63, 3.8) is 0 Å². The summed E-state index contributed by atoms with van der Waals surface area (Å²) in [6.45, 7) is 0. The van der Waals surface area contributed by atoms with Crippen LogP contribution in [0.4, 0.5) is 5.69 Å². The van der Waals surface area contributed by atoms with Crippen LogP contribution in [0.1, 0.15) is 29.2 Å². The van der Waals surface area contributed by atoms with Gasteiger partial charge in [-0.05, 0) is 53.8 Å². The molecule has 3 aliphatic carbocycles. The second-order valence-electron chi connectivity index (χ2n) is 10.9. The van der Waals surface area contributed by atoms with E-state index in [9.17, 15) is 0 Å². The lowest BCUT2D eigenvalue weighted by molar-refractivity contribution is 0.668. The van der Waals surface area contributed by atoms with Crippen LogP contribution in [0.2, 0.25) is 0 Å². The number of para-hydroxylation sites is 2. The van der Waals surface area contributed by atoms with Gasteiger partial charge in [0.25, 0.3) is 0 Å². The maximum atomic E-state index is 6.70. The van der Waals surface area contributed by atoms with E-state index in [1.54, 1.807) is 0 Å². The molecule has 3 aromatic carbocycles. The monoisotopic (exact) mass is 547 g/mol. The Balaban J connectivity index is 1.09. The van der Waals surface area contributed by atoms with E-state index in [4.69, 9.17) is 4.42 Å². The predicted molar refractivity (Wildman–Crippen MR) is 174 cm³/mol. The van der Waals surface area contributed by atoms with Crippen LogP contribution >= 0.6 is 11.3 Å². The van der Waals surface area contributed by atoms with Crippen LogP contribution in [0, 0.1) is 5.92 Å². The van der Waals surface area contributed by atoms with Gasteiger partial charge in [0.15, 0.2) is 5.58 Å². The summed E-state index contributed by atoms with van der Waals surface area (Å²) in [5.41, 5.74) is 9.03. The van der Waals surface area contributed by atoms with Gasteiger partial charge in [-0.3, -0.25) is 0 Å². The number of hydrogen-bond acceptors (Lipinski definition) is 3. The highest BCUT2D eigenvalue weighted by Gasteiger charge is 2.22. The van der Waals surface area contributed by atoms with Crippen molar-refractivity contribution in [3.8, 4) is 10.4 Å². The SMILES string of the molecule is C1=CC2=C(c3cccc4c3oc3c(NC5=CCC(c6ccc(-c7ccccc7)s6)C=C5)cccc34)C=CCC2C=C1. The van der Waals surface area contributed by atoms with Crippen molar-refractivity contribution in [2.75, 3.05) is 5.32 Å². The van der Waals surface area contributed by atoms with Crippen LogP contribution in [0.3, 0.4) is 0 Å². The van der Waals surface area contributed by atoms with E-state index in [-0.39, 0.29) is 0 Å². The first-order valence-corrected chi connectivity index (χ1v) is 15.1. The molecule has 0 saturated heterocycles. The summed E-state index contributed by atoms with van der Waals surface area (Å²) in [6.07, 6.45) is 22.3. The summed E-state index contributed by atoms with van der Waals surface area (Å²) in [4.78, 5) is 2.73. The normalized spacial score (nSPS) is 19.7. The largest absolute Gasteiger partial charge is 0.453 e. The first-order valence-electron chi connectivity index (χ1n) is 14.3. The lowest BCUT2D eigenvalue weighted by atomic mass is 9.82. The van der Waals surface area contributed by atoms with Crippen molar-refractivity contribution in [1.29, 1.82) is 0 Å². The van der Waals surface area contributed by atoms with Gasteiger partial charge in [-0.1, -0.05) is 109 Å². The fraction of sp³-hybridized carbons (Fsp3) is 0.105. The number of rotatable bonds is 5. The smallest absolute Gasteiger partial charge is 0.158 e. The standard InChI is InChI=1S/C38H29NOS/c1-2-10-26(11-3-1)35-23-24-36(41-35)27-19-21-28(22-20-27)39-34-18-8-17-33-32-16-7-15-31(37(32)40-38(33)34)30-14-6-12-25-9-4-5-13-29(25)30/h1-11,13-19,21-25,27,39H,12,20H2. The molecule has 0 saturated carbocycles. The Morgan fingerprint density at radius 1 is 0.707 bits per heavy atom. The molecule has 198 valence electrons. The lowest BCUT2D eigenvalue weighted by Gasteiger charge is -2.22. The van der Waals surface area contributed by atoms with Crippen LogP contribution in [0.25, 0.3) is 38.0 Å². The van der Waals surface area contributed by atoms with Gasteiger partial charge in [-0.15, -0.1) is 11.3 Å². The van der Waals surface area contributed by atoms with Crippen molar-refractivity contribution in [2.24, 2.45) is 5.92 Å². The summed E-state index contributed by atoms with van der Waals surface area (Å²) in [7, 11) is 0. The van der Waals surface area contributed by atoms with E-state index >= 15 is 0 Å². The van der Waals surface area contributed by atoms with Gasteiger partial charge in [0.1, 0.15) is 5.58 Å². The zero-order valence-electron chi connectivity index (χ0n) is 22.6. The van der Waals surface area contributed by atoms with Crippen LogP contribution in [0.15, 0.2) is 149 Å². The highest BCUT2D eigenvalue weighted by molar-refractivity contribution is 7.15. The molecule has 3 heteroatoms. The van der Waals surface area contributed by atoms with Gasteiger partial charge in [0, 0.05) is 43.6 Å². The molecule has 5 aromatic rings. The number of anilines is 1. The number of nitrogens with one attached hydrogen (secondary N) is 1. The van der Waals surface area contributed by atoms with Crippen molar-refractivity contribution < 1.29 is 4.42 Å². The second kappa shape index (κ2) is 10.1. The topological polar surface area (TPSA) is 25.2 Å². The molecular weight excluding hydrogens is 518 g/mol. The third-order valence-corrected chi connectivity index (χ3v) is 9.63. The van der Waals surface area contributed by atoms with E-state index < -0.39 is 0 Å². The first kappa shape index (κ1) is 24.2. The Bertz CT molecular complexity index is 1970. The molecule has 0 amide bonds. The minimum absolute atomic E-state index is 0.401. The number of thiophene rings is 1. The lowest BCUT2D eigenvalue weighted by Crippen LogP contribution is -2.06. The number of fused-ring (bicyclic) bond motifs is 4. The summed E-state index contributed by atoms with van der Waals surface area (Å²) < 4.78 is 6.70. The highest BCUT2D eigenvalue weighted by atomic mass is 32.1. The predicted octanol–water partition coefficient (Wildman–Crippen LogP) is 10.8. The maximum Gasteiger partial charge on any atom is 0.158 e. The molecule has 0 spiro atoms. The Hall–Kier alpha value is -4.60. The molecule has 0 aliphatic heterocycles. The number of furan rings is 1. The summed E-state index contributed by atoms with van der Waals surface area (Å²) in [5, 5.41) is 5.96. The molecule has 3 aliphatic rings. The van der Waals surface area contributed by atoms with Crippen molar-refractivity contribution >= 4 is 44.5 Å². The molecule has 8 rings (SSSR count). The van der Waals surface area contributed by atoms with E-state index in [0.29, 0.717) is 11.8 Å². The molecule has 41 heavy (non-hydrogen) atoms. The highest BCUT2D eigenvalue weighted by Crippen LogP contribution is 2.42. The van der Waals surface area contributed by atoms with Crippen molar-refractivity contribution in [1.82, 2.24) is 0 Å². The van der Waals surface area contributed by atoms with Crippen molar-refractivity contribution in [3.05, 3.63) is 155 Å². The van der Waals surface area contributed by atoms with E-state index in [2.05, 4.69) is 139 Å². The zero-order valence-corrected chi connectivity index (χ0v) is 23.4. The number of hydrogen-bond donors (Lipinski definition) is 1. The van der Waals surface area contributed by atoms with Gasteiger partial charge < -0.3 is 9.73 Å². The molecule has 2 aromatic heterocycles. The fourth-order valence-electron chi connectivity index (χ4n) is 6.27. The Morgan fingerprint density at radius 2 is 1.59 bits per heavy atom. The van der Waals surface area contributed by atoms with Crippen LogP contribution in [0.5, 0.6) is 0 Å². The van der Waals surface area contributed by atoms with Gasteiger partial charge in [-0.25, -0.2) is 0 Å². The minimum Gasteiger partial charge on any atom is -0.453 e. The van der Waals surface area contributed by atoms with Crippen LogP contribution in [-0.4, -0.2) is 0 Å². The average Bonchev–Trinajstić information content (AvgIpc) is 3.68. The third kappa shape index (κ3) is 4.34. The molecule has 2 nitrogen and oxygen atoms in total. The molecule has 2 atom stereocenters. The molecule has 0 radical (unpaired) electrons. The molecule has 1 N–H and O–H groups in total. The molecule has 0 fully saturated rings. The molecule has 2 heterocycles. The number of benzene rings is 3. The Labute approximate surface area is 244 Å². The average molecular weight is 548 g/mol. The van der Waals surface area contributed by atoms with Gasteiger partial charge in [0.05, 0.1) is 5.69 Å². The molecular formula is C38H29NOS. The Morgan fingerprint density at radius 3 is 2.46 bits per heavy atom. The van der Waals surface area contributed by atoms with Gasteiger partial charge >= 0.3 is 0 Å². The first-order chi connectivity index (χ1) is 20.3. The maximum absolute atomic E-state index is 6.70. The summed E-state index contributed by atoms with van der Waals surface area (Å²) >= 11 is 1.89. The quantitative estimate of drug-likeness (QED) is 0.237.